The molecule has 0 spiro atoms. The number of nitrogen functional groups attached to an aromatic ring is 1. The molecule has 1 heterocycles. The number of rotatable bonds is 2. The number of benzene rings is 1. The fourth-order valence-corrected chi connectivity index (χ4v) is 1.99. The van der Waals surface area contributed by atoms with E-state index < -0.39 is 0 Å². The van der Waals surface area contributed by atoms with Crippen molar-refractivity contribution in [1.82, 2.24) is 9.55 Å². The molecule has 2 rings (SSSR count). The van der Waals surface area contributed by atoms with Gasteiger partial charge in [0.1, 0.15) is 17.3 Å². The average Bonchev–Trinajstić information content (AvgIpc) is 2.58. The van der Waals surface area contributed by atoms with Gasteiger partial charge in [0.05, 0.1) is 0 Å². The standard InChI is InChI=1S/C13H16ClN3/c1-8(2)13-16-11(12(15)17(13)3)9-4-6-10(14)7-5-9/h4-8H,15H2,1-3H3. The van der Waals surface area contributed by atoms with Gasteiger partial charge in [-0.2, -0.15) is 0 Å². The molecule has 90 valence electrons. The zero-order chi connectivity index (χ0) is 12.6. The molecule has 0 saturated heterocycles. The first-order chi connectivity index (χ1) is 8.00. The number of nitrogens with two attached hydrogens (primary N) is 1. The molecule has 0 bridgehead atoms. The maximum atomic E-state index is 6.08. The average molecular weight is 250 g/mol. The van der Waals surface area contributed by atoms with E-state index in [0.717, 1.165) is 17.1 Å². The number of aromatic nitrogens is 2. The number of anilines is 1. The molecule has 0 fully saturated rings. The number of imidazole rings is 1. The first-order valence-electron chi connectivity index (χ1n) is 5.58. The molecule has 4 heteroatoms. The predicted octanol–water partition coefficient (Wildman–Crippen LogP) is 3.45. The number of hydrogen-bond donors (Lipinski definition) is 1. The van der Waals surface area contributed by atoms with E-state index >= 15 is 0 Å². The summed E-state index contributed by atoms with van der Waals surface area (Å²) in [5.74, 6) is 2.03. The summed E-state index contributed by atoms with van der Waals surface area (Å²) < 4.78 is 1.94. The van der Waals surface area contributed by atoms with Crippen LogP contribution in [0.2, 0.25) is 5.02 Å². The van der Waals surface area contributed by atoms with Gasteiger partial charge in [0.25, 0.3) is 0 Å². The highest BCUT2D eigenvalue weighted by atomic mass is 35.5. The van der Waals surface area contributed by atoms with Crippen LogP contribution in [-0.4, -0.2) is 9.55 Å². The second-order valence-electron chi connectivity index (χ2n) is 4.42. The first-order valence-corrected chi connectivity index (χ1v) is 5.96. The third-order valence-electron chi connectivity index (χ3n) is 2.81. The Hall–Kier alpha value is -1.48. The van der Waals surface area contributed by atoms with Crippen LogP contribution in [0, 0.1) is 0 Å². The molecule has 0 aliphatic carbocycles. The molecule has 1 aromatic heterocycles. The van der Waals surface area contributed by atoms with E-state index in [1.165, 1.54) is 0 Å². The Morgan fingerprint density at radius 2 is 1.82 bits per heavy atom. The van der Waals surface area contributed by atoms with Crippen LogP contribution in [0.4, 0.5) is 5.82 Å². The van der Waals surface area contributed by atoms with Crippen molar-refractivity contribution in [3.8, 4) is 11.3 Å². The third kappa shape index (κ3) is 2.15. The molecule has 0 radical (unpaired) electrons. The molecule has 3 nitrogen and oxygen atoms in total. The Balaban J connectivity index is 2.53. The lowest BCUT2D eigenvalue weighted by Gasteiger charge is -2.04. The van der Waals surface area contributed by atoms with Crippen LogP contribution in [0.15, 0.2) is 24.3 Å². The van der Waals surface area contributed by atoms with Gasteiger partial charge in [-0.15, -0.1) is 0 Å². The molecular formula is C13H16ClN3. The molecule has 0 amide bonds. The summed E-state index contributed by atoms with van der Waals surface area (Å²) in [6.45, 7) is 4.21. The van der Waals surface area contributed by atoms with Crippen LogP contribution in [0.25, 0.3) is 11.3 Å². The van der Waals surface area contributed by atoms with Crippen molar-refractivity contribution in [2.75, 3.05) is 5.73 Å². The molecule has 17 heavy (non-hydrogen) atoms. The van der Waals surface area contributed by atoms with Gasteiger partial charge in [0, 0.05) is 23.6 Å². The smallest absolute Gasteiger partial charge is 0.131 e. The van der Waals surface area contributed by atoms with E-state index in [-0.39, 0.29) is 0 Å². The first kappa shape index (κ1) is 12.0. The summed E-state index contributed by atoms with van der Waals surface area (Å²) in [4.78, 5) is 4.60. The molecule has 0 unspecified atom stereocenters. The van der Waals surface area contributed by atoms with Crippen molar-refractivity contribution in [3.63, 3.8) is 0 Å². The predicted molar refractivity (Wildman–Crippen MR) is 72.2 cm³/mol. The van der Waals surface area contributed by atoms with Crippen LogP contribution in [-0.2, 0) is 7.05 Å². The Bertz CT molecular complexity index is 526. The van der Waals surface area contributed by atoms with E-state index in [1.54, 1.807) is 0 Å². The molecule has 1 aromatic carbocycles. The normalized spacial score (nSPS) is 11.1. The van der Waals surface area contributed by atoms with Crippen LogP contribution in [0.3, 0.4) is 0 Å². The summed E-state index contributed by atoms with van der Waals surface area (Å²) in [5, 5.41) is 0.715. The number of hydrogen-bond acceptors (Lipinski definition) is 2. The van der Waals surface area contributed by atoms with E-state index in [1.807, 2.05) is 35.9 Å². The fraction of sp³-hybridized carbons (Fsp3) is 0.308. The summed E-state index contributed by atoms with van der Waals surface area (Å²) in [5.41, 5.74) is 7.90. The number of nitrogens with zero attached hydrogens (tertiary/aromatic N) is 2. The Morgan fingerprint density at radius 3 is 2.29 bits per heavy atom. The summed E-state index contributed by atoms with van der Waals surface area (Å²) in [6.07, 6.45) is 0. The van der Waals surface area contributed by atoms with Crippen LogP contribution >= 0.6 is 11.6 Å². The van der Waals surface area contributed by atoms with Gasteiger partial charge in [-0.25, -0.2) is 4.98 Å². The second kappa shape index (κ2) is 4.41. The third-order valence-corrected chi connectivity index (χ3v) is 3.06. The van der Waals surface area contributed by atoms with E-state index in [2.05, 4.69) is 18.8 Å². The minimum absolute atomic E-state index is 0.350. The van der Waals surface area contributed by atoms with Gasteiger partial charge in [0.15, 0.2) is 0 Å². The molecule has 0 saturated carbocycles. The van der Waals surface area contributed by atoms with Crippen LogP contribution in [0.1, 0.15) is 25.6 Å². The summed E-state index contributed by atoms with van der Waals surface area (Å²) >= 11 is 5.87. The van der Waals surface area contributed by atoms with Crippen molar-refractivity contribution < 1.29 is 0 Å². The zero-order valence-electron chi connectivity index (χ0n) is 10.2. The Morgan fingerprint density at radius 1 is 1.24 bits per heavy atom. The largest absolute Gasteiger partial charge is 0.383 e. The van der Waals surface area contributed by atoms with Crippen LogP contribution < -0.4 is 5.73 Å². The van der Waals surface area contributed by atoms with Crippen molar-refractivity contribution in [3.05, 3.63) is 35.1 Å². The lowest BCUT2D eigenvalue weighted by molar-refractivity contribution is 0.715. The lowest BCUT2D eigenvalue weighted by Crippen LogP contribution is -2.02. The van der Waals surface area contributed by atoms with E-state index in [4.69, 9.17) is 17.3 Å². The topological polar surface area (TPSA) is 43.8 Å². The highest BCUT2D eigenvalue weighted by Gasteiger charge is 2.15. The molecule has 2 aromatic rings. The summed E-state index contributed by atoms with van der Waals surface area (Å²) in [6, 6.07) is 7.57. The molecule has 0 aliphatic rings. The van der Waals surface area contributed by atoms with Gasteiger partial charge in [-0.05, 0) is 12.1 Å². The zero-order valence-corrected chi connectivity index (χ0v) is 11.0. The molecule has 0 aliphatic heterocycles. The van der Waals surface area contributed by atoms with Crippen LogP contribution in [0.5, 0.6) is 0 Å². The molecule has 0 atom stereocenters. The monoisotopic (exact) mass is 249 g/mol. The van der Waals surface area contributed by atoms with Gasteiger partial charge < -0.3 is 10.3 Å². The quantitative estimate of drug-likeness (QED) is 0.886. The maximum absolute atomic E-state index is 6.08. The Kier molecular flexibility index (Phi) is 3.11. The highest BCUT2D eigenvalue weighted by molar-refractivity contribution is 6.30. The lowest BCUT2D eigenvalue weighted by atomic mass is 10.1. The van der Waals surface area contributed by atoms with Gasteiger partial charge >= 0.3 is 0 Å². The van der Waals surface area contributed by atoms with Gasteiger partial charge in [0.2, 0.25) is 0 Å². The molecule has 2 N–H and O–H groups in total. The SMILES string of the molecule is CC(C)c1nc(-c2ccc(Cl)cc2)c(N)n1C. The minimum atomic E-state index is 0.350. The minimum Gasteiger partial charge on any atom is -0.383 e. The van der Waals surface area contributed by atoms with Gasteiger partial charge in [-0.3, -0.25) is 0 Å². The van der Waals surface area contributed by atoms with Crippen molar-refractivity contribution in [2.24, 2.45) is 7.05 Å². The Labute approximate surface area is 106 Å². The van der Waals surface area contributed by atoms with Crippen molar-refractivity contribution in [2.45, 2.75) is 19.8 Å². The van der Waals surface area contributed by atoms with E-state index in [9.17, 15) is 0 Å². The number of halogens is 1. The van der Waals surface area contributed by atoms with E-state index in [0.29, 0.717) is 16.8 Å². The van der Waals surface area contributed by atoms with Crippen molar-refractivity contribution in [1.29, 1.82) is 0 Å². The maximum Gasteiger partial charge on any atom is 0.131 e. The summed E-state index contributed by atoms with van der Waals surface area (Å²) in [7, 11) is 1.94. The molecular weight excluding hydrogens is 234 g/mol. The van der Waals surface area contributed by atoms with Gasteiger partial charge in [-0.1, -0.05) is 37.6 Å². The highest BCUT2D eigenvalue weighted by Crippen LogP contribution is 2.29. The van der Waals surface area contributed by atoms with Crippen molar-refractivity contribution >= 4 is 17.4 Å². The fourth-order valence-electron chi connectivity index (χ4n) is 1.87. The second-order valence-corrected chi connectivity index (χ2v) is 4.86.